The lowest BCUT2D eigenvalue weighted by Crippen LogP contribution is -2.33. The molecule has 2 aliphatic rings. The number of nitrogens with one attached hydrogen (secondary N) is 2. The van der Waals surface area contributed by atoms with Crippen molar-refractivity contribution in [1.82, 2.24) is 10.6 Å². The van der Waals surface area contributed by atoms with Gasteiger partial charge in [0, 0.05) is 18.2 Å². The van der Waals surface area contributed by atoms with Crippen LogP contribution in [0.2, 0.25) is 0 Å². The van der Waals surface area contributed by atoms with Crippen LogP contribution in [0, 0.1) is 0 Å². The first-order valence-corrected chi connectivity index (χ1v) is 11.2. The molecular weight excluding hydrogens is 415 g/mol. The Bertz CT molecular complexity index is 773. The number of benzene rings is 1. The number of aliphatic imine (C=N–C) groups is 1. The van der Waals surface area contributed by atoms with Crippen LogP contribution in [-0.4, -0.2) is 34.8 Å². The standard InChI is InChI=1S/C21H26F3N3O2S/c22-21(23,24)15-10-8-14(9-11-15)18(28)25-13-12-17-19(29)27-20(30-17)26-16-6-4-2-1-3-5-7-16/h8-11,16-17H,1-7,12-13H2,(H,25,28)(H,26,27,29). The highest BCUT2D eigenvalue weighted by Gasteiger charge is 2.31. The van der Waals surface area contributed by atoms with Gasteiger partial charge >= 0.3 is 6.18 Å². The predicted octanol–water partition coefficient (Wildman–Crippen LogP) is 4.53. The maximum atomic E-state index is 12.6. The summed E-state index contributed by atoms with van der Waals surface area (Å²) in [5.41, 5.74) is -0.648. The fraction of sp³-hybridized carbons (Fsp3) is 0.571. The predicted molar refractivity (Wildman–Crippen MR) is 111 cm³/mol. The molecule has 0 spiro atoms. The Hall–Kier alpha value is -2.03. The third kappa shape index (κ3) is 6.48. The van der Waals surface area contributed by atoms with Gasteiger partial charge in [-0.1, -0.05) is 43.9 Å². The molecular formula is C21H26F3N3O2S. The number of halogens is 3. The lowest BCUT2D eigenvalue weighted by Gasteiger charge is -2.21. The number of carbonyl (C=O) groups is 2. The maximum absolute atomic E-state index is 12.6. The molecule has 1 saturated carbocycles. The second-order valence-corrected chi connectivity index (χ2v) is 8.86. The molecule has 2 N–H and O–H groups in total. The quantitative estimate of drug-likeness (QED) is 0.705. The number of carbonyl (C=O) groups excluding carboxylic acids is 2. The molecule has 1 aromatic rings. The molecule has 0 saturated heterocycles. The molecule has 2 amide bonds. The van der Waals surface area contributed by atoms with Gasteiger partial charge in [-0.3, -0.25) is 9.59 Å². The van der Waals surface area contributed by atoms with Crippen LogP contribution in [0.15, 0.2) is 29.3 Å². The van der Waals surface area contributed by atoms with Crippen LogP contribution in [0.1, 0.15) is 67.3 Å². The average molecular weight is 442 g/mol. The number of alkyl halides is 3. The van der Waals surface area contributed by atoms with E-state index in [1.54, 1.807) is 0 Å². The summed E-state index contributed by atoms with van der Waals surface area (Å²) in [6, 6.07) is 4.41. The van der Waals surface area contributed by atoms with Gasteiger partial charge in [0.05, 0.1) is 10.8 Å². The van der Waals surface area contributed by atoms with E-state index in [0.717, 1.165) is 37.1 Å². The molecule has 1 aliphatic carbocycles. The summed E-state index contributed by atoms with van der Waals surface area (Å²) >= 11 is 1.39. The van der Waals surface area contributed by atoms with Crippen LogP contribution in [0.4, 0.5) is 13.2 Å². The van der Waals surface area contributed by atoms with E-state index in [1.807, 2.05) is 0 Å². The molecule has 1 heterocycles. The van der Waals surface area contributed by atoms with Crippen molar-refractivity contribution < 1.29 is 22.8 Å². The van der Waals surface area contributed by atoms with E-state index in [1.165, 1.54) is 43.9 Å². The van der Waals surface area contributed by atoms with Crippen molar-refractivity contribution in [2.24, 2.45) is 4.99 Å². The van der Waals surface area contributed by atoms with E-state index in [4.69, 9.17) is 0 Å². The minimum Gasteiger partial charge on any atom is -0.362 e. The van der Waals surface area contributed by atoms with Crippen molar-refractivity contribution in [3.63, 3.8) is 0 Å². The normalized spacial score (nSPS) is 21.0. The molecule has 0 radical (unpaired) electrons. The first-order valence-electron chi connectivity index (χ1n) is 10.3. The van der Waals surface area contributed by atoms with Crippen molar-refractivity contribution in [3.05, 3.63) is 35.4 Å². The Kier molecular flexibility index (Phi) is 7.80. The molecule has 0 bridgehead atoms. The molecule has 164 valence electrons. The van der Waals surface area contributed by atoms with Crippen LogP contribution in [0.25, 0.3) is 0 Å². The average Bonchev–Trinajstić information content (AvgIpc) is 3.02. The number of amidine groups is 1. The number of rotatable bonds is 5. The van der Waals surface area contributed by atoms with Gasteiger partial charge in [0.1, 0.15) is 0 Å². The Morgan fingerprint density at radius 1 is 1.07 bits per heavy atom. The Balaban J connectivity index is 1.42. The molecule has 1 atom stereocenters. The minimum atomic E-state index is -4.43. The van der Waals surface area contributed by atoms with E-state index in [9.17, 15) is 22.8 Å². The zero-order valence-corrected chi connectivity index (χ0v) is 17.5. The van der Waals surface area contributed by atoms with Crippen molar-refractivity contribution in [2.45, 2.75) is 68.8 Å². The number of nitrogens with zero attached hydrogens (tertiary/aromatic N) is 1. The molecule has 1 aliphatic heterocycles. The smallest absolute Gasteiger partial charge is 0.362 e. The summed E-state index contributed by atoms with van der Waals surface area (Å²) in [6.07, 6.45) is 4.30. The summed E-state index contributed by atoms with van der Waals surface area (Å²) in [7, 11) is 0. The lowest BCUT2D eigenvalue weighted by molar-refractivity contribution is -0.137. The van der Waals surface area contributed by atoms with Crippen LogP contribution < -0.4 is 10.6 Å². The molecule has 30 heavy (non-hydrogen) atoms. The SMILES string of the molecule is O=C(NCCC1SC(NC2CCCCCCC2)=NC1=O)c1ccc(C(F)(F)F)cc1. The second-order valence-electron chi connectivity index (χ2n) is 7.67. The molecule has 5 nitrogen and oxygen atoms in total. The van der Waals surface area contributed by atoms with Crippen LogP contribution in [0.3, 0.4) is 0 Å². The number of hydrogen-bond acceptors (Lipinski definition) is 4. The van der Waals surface area contributed by atoms with Gasteiger partial charge in [-0.2, -0.15) is 18.2 Å². The zero-order chi connectivity index (χ0) is 21.6. The summed E-state index contributed by atoms with van der Waals surface area (Å²) in [5.74, 6) is -0.676. The summed E-state index contributed by atoms with van der Waals surface area (Å²) < 4.78 is 37.8. The minimum absolute atomic E-state index is 0.149. The number of hydrogen-bond donors (Lipinski definition) is 2. The van der Waals surface area contributed by atoms with Crippen LogP contribution in [-0.2, 0) is 11.0 Å². The highest BCUT2D eigenvalue weighted by Crippen LogP contribution is 2.29. The van der Waals surface area contributed by atoms with Gasteiger partial charge in [-0.05, 0) is 43.5 Å². The van der Waals surface area contributed by atoms with E-state index in [-0.39, 0.29) is 23.3 Å². The zero-order valence-electron chi connectivity index (χ0n) is 16.6. The molecule has 0 aromatic heterocycles. The van der Waals surface area contributed by atoms with Crippen LogP contribution >= 0.6 is 11.8 Å². The van der Waals surface area contributed by atoms with E-state index < -0.39 is 17.6 Å². The third-order valence-corrected chi connectivity index (χ3v) is 6.49. The second kappa shape index (κ2) is 10.3. The Morgan fingerprint density at radius 3 is 2.33 bits per heavy atom. The largest absolute Gasteiger partial charge is 0.416 e. The summed E-state index contributed by atoms with van der Waals surface area (Å²) in [6.45, 7) is 0.246. The van der Waals surface area contributed by atoms with Crippen molar-refractivity contribution >= 4 is 28.7 Å². The van der Waals surface area contributed by atoms with Gasteiger partial charge in [0.15, 0.2) is 5.17 Å². The molecule has 1 unspecified atom stereocenters. The van der Waals surface area contributed by atoms with E-state index in [2.05, 4.69) is 15.6 Å². The van der Waals surface area contributed by atoms with Crippen LogP contribution in [0.5, 0.6) is 0 Å². The highest BCUT2D eigenvalue weighted by atomic mass is 32.2. The van der Waals surface area contributed by atoms with Gasteiger partial charge in [-0.15, -0.1) is 0 Å². The van der Waals surface area contributed by atoms with Crippen molar-refractivity contribution in [2.75, 3.05) is 6.54 Å². The van der Waals surface area contributed by atoms with E-state index in [0.29, 0.717) is 17.6 Å². The fourth-order valence-corrected chi connectivity index (χ4v) is 4.67. The monoisotopic (exact) mass is 441 g/mol. The van der Waals surface area contributed by atoms with Gasteiger partial charge < -0.3 is 10.6 Å². The lowest BCUT2D eigenvalue weighted by atomic mass is 9.97. The first kappa shape index (κ1) is 22.7. The van der Waals surface area contributed by atoms with Gasteiger partial charge in [0.25, 0.3) is 11.8 Å². The first-order chi connectivity index (χ1) is 14.3. The van der Waals surface area contributed by atoms with E-state index >= 15 is 0 Å². The molecule has 3 rings (SSSR count). The van der Waals surface area contributed by atoms with Crippen molar-refractivity contribution in [3.8, 4) is 0 Å². The highest BCUT2D eigenvalue weighted by molar-refractivity contribution is 8.15. The van der Waals surface area contributed by atoms with Crippen molar-refractivity contribution in [1.29, 1.82) is 0 Å². The molecule has 1 aromatic carbocycles. The Morgan fingerprint density at radius 2 is 1.70 bits per heavy atom. The molecule has 9 heteroatoms. The van der Waals surface area contributed by atoms with Gasteiger partial charge in [-0.25, -0.2) is 0 Å². The fourth-order valence-electron chi connectivity index (χ4n) is 3.64. The maximum Gasteiger partial charge on any atom is 0.416 e. The third-order valence-electron chi connectivity index (χ3n) is 5.34. The number of thioether (sulfide) groups is 1. The number of amides is 2. The summed E-state index contributed by atoms with van der Waals surface area (Å²) in [4.78, 5) is 28.4. The molecule has 1 fully saturated rings. The Labute approximate surface area is 178 Å². The topological polar surface area (TPSA) is 70.6 Å². The van der Waals surface area contributed by atoms with Gasteiger partial charge in [0.2, 0.25) is 0 Å². The summed E-state index contributed by atoms with van der Waals surface area (Å²) in [5, 5.41) is 6.36.